The third-order valence-corrected chi connectivity index (χ3v) is 2.85. The van der Waals surface area contributed by atoms with E-state index in [1.807, 2.05) is 0 Å². The second kappa shape index (κ2) is 5.34. The molecule has 0 fully saturated rings. The Bertz CT molecular complexity index is 432. The maximum absolute atomic E-state index is 10.6. The van der Waals surface area contributed by atoms with E-state index < -0.39 is 12.0 Å². The first-order chi connectivity index (χ1) is 7.41. The average Bonchev–Trinajstić information content (AvgIpc) is 2.21. The highest BCUT2D eigenvalue weighted by Gasteiger charge is 2.14. The largest absolute Gasteiger partial charge is 0.480 e. The number of carboxylic acids is 1. The van der Waals surface area contributed by atoms with Crippen LogP contribution in [0.2, 0.25) is 10.0 Å². The molecular weight excluding hydrogens is 249 g/mol. The van der Waals surface area contributed by atoms with Gasteiger partial charge in [0.05, 0.1) is 10.0 Å². The molecule has 0 aromatic heterocycles. The van der Waals surface area contributed by atoms with Crippen LogP contribution >= 0.6 is 23.2 Å². The van der Waals surface area contributed by atoms with Gasteiger partial charge in [0.1, 0.15) is 6.04 Å². The molecule has 1 aromatic rings. The molecule has 0 aliphatic rings. The van der Waals surface area contributed by atoms with Crippen LogP contribution in [-0.4, -0.2) is 17.1 Å². The van der Waals surface area contributed by atoms with E-state index >= 15 is 0 Å². The van der Waals surface area contributed by atoms with Gasteiger partial charge in [-0.15, -0.1) is 0 Å². The van der Waals surface area contributed by atoms with Gasteiger partial charge in [0.25, 0.3) is 0 Å². The molecule has 1 rings (SSSR count). The van der Waals surface area contributed by atoms with Gasteiger partial charge in [0.2, 0.25) is 0 Å². The Kier molecular flexibility index (Phi) is 4.35. The summed E-state index contributed by atoms with van der Waals surface area (Å²) < 4.78 is 0. The lowest BCUT2D eigenvalue weighted by Crippen LogP contribution is -2.30. The predicted octanol–water partition coefficient (Wildman–Crippen LogP) is 2.81. The van der Waals surface area contributed by atoms with Crippen molar-refractivity contribution in [3.63, 3.8) is 0 Å². The van der Waals surface area contributed by atoms with Crippen molar-refractivity contribution in [3.8, 4) is 0 Å². The summed E-state index contributed by atoms with van der Waals surface area (Å²) in [7, 11) is 0. The van der Waals surface area contributed by atoms with Crippen LogP contribution in [0.5, 0.6) is 0 Å². The van der Waals surface area contributed by atoms with E-state index in [-0.39, 0.29) is 6.42 Å². The van der Waals surface area contributed by atoms with E-state index in [4.69, 9.17) is 34.0 Å². The van der Waals surface area contributed by atoms with Gasteiger partial charge in [-0.25, -0.2) is 0 Å². The second-order valence-corrected chi connectivity index (χ2v) is 4.20. The van der Waals surface area contributed by atoms with Crippen LogP contribution in [0.4, 0.5) is 0 Å². The number of benzene rings is 1. The number of carboxylic acid groups (broad SMARTS) is 1. The van der Waals surface area contributed by atoms with Gasteiger partial charge in [-0.3, -0.25) is 4.79 Å². The minimum atomic E-state index is -1.05. The first-order valence-electron chi connectivity index (χ1n) is 4.53. The monoisotopic (exact) mass is 259 g/mol. The number of aliphatic carboxylic acids is 1. The van der Waals surface area contributed by atoms with E-state index in [1.54, 1.807) is 18.2 Å². The van der Waals surface area contributed by atoms with E-state index in [2.05, 4.69) is 6.58 Å². The average molecular weight is 260 g/mol. The quantitative estimate of drug-likeness (QED) is 0.874. The topological polar surface area (TPSA) is 63.3 Å². The van der Waals surface area contributed by atoms with Crippen molar-refractivity contribution in [3.05, 3.63) is 40.4 Å². The molecule has 5 heteroatoms. The molecule has 1 atom stereocenters. The molecule has 3 N–H and O–H groups in total. The highest BCUT2D eigenvalue weighted by atomic mass is 35.5. The van der Waals surface area contributed by atoms with Crippen LogP contribution in [-0.2, 0) is 4.79 Å². The zero-order chi connectivity index (χ0) is 12.3. The van der Waals surface area contributed by atoms with Crippen LogP contribution in [0.15, 0.2) is 24.8 Å². The lowest BCUT2D eigenvalue weighted by atomic mass is 10.0. The summed E-state index contributed by atoms with van der Waals surface area (Å²) >= 11 is 11.6. The first-order valence-corrected chi connectivity index (χ1v) is 5.29. The standard InChI is InChI=1S/C11H11Cl2NO2/c1-6(4-10(14)11(15)16)7-2-3-8(12)9(13)5-7/h2-3,5,10H,1,4,14H2,(H,15,16)/t10-/m0/s1. The summed E-state index contributed by atoms with van der Waals surface area (Å²) in [6.45, 7) is 3.77. The molecule has 0 heterocycles. The summed E-state index contributed by atoms with van der Waals surface area (Å²) in [5, 5.41) is 9.52. The van der Waals surface area contributed by atoms with Gasteiger partial charge in [0, 0.05) is 0 Å². The van der Waals surface area contributed by atoms with Crippen molar-refractivity contribution in [2.75, 3.05) is 0 Å². The molecule has 0 saturated carbocycles. The van der Waals surface area contributed by atoms with E-state index in [9.17, 15) is 4.79 Å². The summed E-state index contributed by atoms with van der Waals surface area (Å²) in [5.74, 6) is -1.05. The van der Waals surface area contributed by atoms with Gasteiger partial charge in [-0.2, -0.15) is 0 Å². The molecule has 0 bridgehead atoms. The highest BCUT2D eigenvalue weighted by molar-refractivity contribution is 6.42. The van der Waals surface area contributed by atoms with Crippen LogP contribution in [0, 0.1) is 0 Å². The zero-order valence-electron chi connectivity index (χ0n) is 8.41. The third kappa shape index (κ3) is 3.23. The van der Waals surface area contributed by atoms with E-state index in [1.165, 1.54) is 0 Å². The normalized spacial score (nSPS) is 12.2. The Hall–Kier alpha value is -1.03. The second-order valence-electron chi connectivity index (χ2n) is 3.38. The van der Waals surface area contributed by atoms with Crippen molar-refractivity contribution in [2.24, 2.45) is 5.73 Å². The van der Waals surface area contributed by atoms with Crippen molar-refractivity contribution >= 4 is 34.7 Å². The minimum absolute atomic E-state index is 0.174. The summed E-state index contributed by atoms with van der Waals surface area (Å²) in [5.41, 5.74) is 6.76. The Morgan fingerprint density at radius 1 is 1.44 bits per heavy atom. The summed E-state index contributed by atoms with van der Waals surface area (Å²) in [4.78, 5) is 10.6. The first kappa shape index (κ1) is 13.0. The van der Waals surface area contributed by atoms with Crippen molar-refractivity contribution in [1.82, 2.24) is 0 Å². The van der Waals surface area contributed by atoms with Crippen molar-refractivity contribution in [2.45, 2.75) is 12.5 Å². The lowest BCUT2D eigenvalue weighted by Gasteiger charge is -2.10. The summed E-state index contributed by atoms with van der Waals surface area (Å²) in [6.07, 6.45) is 0.174. The fraction of sp³-hybridized carbons (Fsp3) is 0.182. The molecular formula is C11H11Cl2NO2. The van der Waals surface area contributed by atoms with Gasteiger partial charge in [-0.1, -0.05) is 35.8 Å². The van der Waals surface area contributed by atoms with Crippen molar-refractivity contribution < 1.29 is 9.90 Å². The Labute approximate surface area is 103 Å². The molecule has 16 heavy (non-hydrogen) atoms. The van der Waals surface area contributed by atoms with Gasteiger partial charge >= 0.3 is 5.97 Å². The van der Waals surface area contributed by atoms with Crippen molar-refractivity contribution in [1.29, 1.82) is 0 Å². The minimum Gasteiger partial charge on any atom is -0.480 e. The number of rotatable bonds is 4. The molecule has 86 valence electrons. The molecule has 0 saturated heterocycles. The molecule has 0 radical (unpaired) electrons. The molecule has 0 aliphatic carbocycles. The number of carbonyl (C=O) groups is 1. The number of hydrogen-bond donors (Lipinski definition) is 2. The van der Waals surface area contributed by atoms with Crippen LogP contribution in [0.1, 0.15) is 12.0 Å². The number of hydrogen-bond acceptors (Lipinski definition) is 2. The smallest absolute Gasteiger partial charge is 0.320 e. The Morgan fingerprint density at radius 3 is 2.56 bits per heavy atom. The van der Waals surface area contributed by atoms with Crippen LogP contribution in [0.3, 0.4) is 0 Å². The molecule has 0 spiro atoms. The predicted molar refractivity (Wildman–Crippen MR) is 65.7 cm³/mol. The zero-order valence-corrected chi connectivity index (χ0v) is 9.92. The lowest BCUT2D eigenvalue weighted by molar-refractivity contribution is -0.138. The number of halogens is 2. The molecule has 0 amide bonds. The highest BCUT2D eigenvalue weighted by Crippen LogP contribution is 2.27. The number of nitrogens with two attached hydrogens (primary N) is 1. The third-order valence-electron chi connectivity index (χ3n) is 2.11. The Balaban J connectivity index is 2.81. The van der Waals surface area contributed by atoms with E-state index in [0.717, 1.165) is 5.56 Å². The van der Waals surface area contributed by atoms with Crippen LogP contribution in [0.25, 0.3) is 5.57 Å². The fourth-order valence-electron chi connectivity index (χ4n) is 1.19. The SMILES string of the molecule is C=C(C[C@H](N)C(=O)O)c1ccc(Cl)c(Cl)c1. The maximum atomic E-state index is 10.6. The van der Waals surface area contributed by atoms with Gasteiger partial charge in [0.15, 0.2) is 0 Å². The molecule has 0 unspecified atom stereocenters. The summed E-state index contributed by atoms with van der Waals surface area (Å²) in [6, 6.07) is 4.05. The van der Waals surface area contributed by atoms with Gasteiger partial charge < -0.3 is 10.8 Å². The van der Waals surface area contributed by atoms with E-state index in [0.29, 0.717) is 15.6 Å². The molecule has 0 aliphatic heterocycles. The Morgan fingerprint density at radius 2 is 2.06 bits per heavy atom. The maximum Gasteiger partial charge on any atom is 0.320 e. The molecule has 1 aromatic carbocycles. The fourth-order valence-corrected chi connectivity index (χ4v) is 1.48. The molecule has 3 nitrogen and oxygen atoms in total. The van der Waals surface area contributed by atoms with Crippen LogP contribution < -0.4 is 5.73 Å². The van der Waals surface area contributed by atoms with Gasteiger partial charge in [-0.05, 0) is 29.7 Å².